The highest BCUT2D eigenvalue weighted by Gasteiger charge is 2.27. The number of nitrogens with one attached hydrogen (secondary N) is 1. The molecule has 0 fully saturated rings. The lowest BCUT2D eigenvalue weighted by Gasteiger charge is -2.23. The number of nitrogens with zero attached hydrogens (tertiary/aromatic N) is 2. The molecule has 24 heavy (non-hydrogen) atoms. The van der Waals surface area contributed by atoms with Crippen LogP contribution in [0.15, 0.2) is 33.9 Å². The molecule has 0 bridgehead atoms. The van der Waals surface area contributed by atoms with Crippen LogP contribution in [-0.2, 0) is 4.79 Å². The fraction of sp³-hybridized carbons (Fsp3) is 0.438. The number of rotatable bonds is 6. The van der Waals surface area contributed by atoms with Gasteiger partial charge >= 0.3 is 0 Å². The number of para-hydroxylation sites is 2. The van der Waals surface area contributed by atoms with Crippen LogP contribution in [0.25, 0.3) is 0 Å². The van der Waals surface area contributed by atoms with Gasteiger partial charge < -0.3 is 19.2 Å². The molecule has 1 aromatic carbocycles. The molecule has 128 valence electrons. The largest absolute Gasteiger partial charge is 0.485 e. The average Bonchev–Trinajstić information content (AvgIpc) is 3.06. The lowest BCUT2D eigenvalue weighted by atomic mass is 10.2. The molecule has 1 aliphatic rings. The zero-order valence-electron chi connectivity index (χ0n) is 13.5. The van der Waals surface area contributed by atoms with Gasteiger partial charge in [0.2, 0.25) is 12.0 Å². The first-order valence-electron chi connectivity index (χ1n) is 7.73. The van der Waals surface area contributed by atoms with Crippen molar-refractivity contribution < 1.29 is 18.7 Å². The Labute approximate surface area is 144 Å². The first-order valence-corrected chi connectivity index (χ1v) is 8.71. The summed E-state index contributed by atoms with van der Waals surface area (Å²) >= 11 is 1.20. The number of hydrogen-bond acceptors (Lipinski definition) is 7. The molecule has 0 radical (unpaired) electrons. The van der Waals surface area contributed by atoms with Crippen molar-refractivity contribution >= 4 is 17.7 Å². The van der Waals surface area contributed by atoms with Crippen LogP contribution >= 0.6 is 11.8 Å². The first kappa shape index (κ1) is 16.6. The van der Waals surface area contributed by atoms with Gasteiger partial charge in [0.25, 0.3) is 11.1 Å². The van der Waals surface area contributed by atoms with E-state index in [0.717, 1.165) is 0 Å². The van der Waals surface area contributed by atoms with Gasteiger partial charge in [-0.25, -0.2) is 0 Å². The summed E-state index contributed by atoms with van der Waals surface area (Å²) in [5, 5.41) is 11.1. The third-order valence-corrected chi connectivity index (χ3v) is 4.06. The maximum absolute atomic E-state index is 11.7. The summed E-state index contributed by atoms with van der Waals surface area (Å²) in [7, 11) is 0. The third kappa shape index (κ3) is 4.19. The predicted octanol–water partition coefficient (Wildman–Crippen LogP) is 2.45. The van der Waals surface area contributed by atoms with E-state index < -0.39 is 6.10 Å². The van der Waals surface area contributed by atoms with Crippen molar-refractivity contribution in [3.8, 4) is 11.5 Å². The van der Waals surface area contributed by atoms with E-state index >= 15 is 0 Å². The Morgan fingerprint density at radius 3 is 2.92 bits per heavy atom. The molecule has 0 unspecified atom stereocenters. The van der Waals surface area contributed by atoms with Crippen LogP contribution in [0.3, 0.4) is 0 Å². The van der Waals surface area contributed by atoms with E-state index in [1.165, 1.54) is 11.8 Å². The number of carbonyl (C=O) groups excluding carboxylic acids is 1. The molecule has 0 spiro atoms. The number of carbonyl (C=O) groups is 1. The summed E-state index contributed by atoms with van der Waals surface area (Å²) in [5.41, 5.74) is 0. The van der Waals surface area contributed by atoms with Gasteiger partial charge in [-0.15, -0.1) is 10.2 Å². The summed E-state index contributed by atoms with van der Waals surface area (Å²) in [5.74, 6) is 2.28. The van der Waals surface area contributed by atoms with E-state index in [4.69, 9.17) is 13.9 Å². The van der Waals surface area contributed by atoms with Crippen LogP contribution in [0.5, 0.6) is 11.5 Å². The van der Waals surface area contributed by atoms with E-state index in [2.05, 4.69) is 15.5 Å². The average molecular weight is 349 g/mol. The minimum atomic E-state index is -0.448. The zero-order valence-corrected chi connectivity index (χ0v) is 14.3. The Hall–Kier alpha value is -2.22. The normalized spacial score (nSPS) is 16.2. The van der Waals surface area contributed by atoms with Gasteiger partial charge in [-0.05, 0) is 18.1 Å². The number of benzene rings is 1. The molecular weight excluding hydrogens is 330 g/mol. The van der Waals surface area contributed by atoms with Crippen LogP contribution < -0.4 is 14.8 Å². The molecule has 1 aliphatic heterocycles. The Kier molecular flexibility index (Phi) is 5.24. The van der Waals surface area contributed by atoms with Crippen LogP contribution in [0, 0.1) is 5.92 Å². The van der Waals surface area contributed by atoms with Gasteiger partial charge in [-0.3, -0.25) is 4.79 Å². The SMILES string of the molecule is CC(C)CNC(=O)CSc1nnc([C@@H]2COc3ccccc3O2)o1. The monoisotopic (exact) mass is 349 g/mol. The van der Waals surface area contributed by atoms with Gasteiger partial charge in [-0.2, -0.15) is 0 Å². The van der Waals surface area contributed by atoms with Gasteiger partial charge in [0.05, 0.1) is 5.75 Å². The molecule has 7 nitrogen and oxygen atoms in total. The third-order valence-electron chi connectivity index (χ3n) is 3.24. The van der Waals surface area contributed by atoms with Crippen LogP contribution in [0.1, 0.15) is 25.8 Å². The highest BCUT2D eigenvalue weighted by molar-refractivity contribution is 7.99. The molecule has 2 aromatic rings. The Bertz CT molecular complexity index is 704. The van der Waals surface area contributed by atoms with Crippen LogP contribution in [0.4, 0.5) is 0 Å². The summed E-state index contributed by atoms with van der Waals surface area (Å²) in [6.07, 6.45) is -0.448. The molecule has 0 saturated heterocycles. The van der Waals surface area contributed by atoms with Gasteiger partial charge in [-0.1, -0.05) is 37.7 Å². The van der Waals surface area contributed by atoms with E-state index in [0.29, 0.717) is 41.7 Å². The number of aromatic nitrogens is 2. The van der Waals surface area contributed by atoms with Crippen molar-refractivity contribution in [3.63, 3.8) is 0 Å². The minimum absolute atomic E-state index is 0.0559. The number of fused-ring (bicyclic) bond motifs is 1. The fourth-order valence-corrected chi connectivity index (χ4v) is 2.65. The molecule has 1 N–H and O–H groups in total. The second-order valence-electron chi connectivity index (χ2n) is 5.76. The van der Waals surface area contributed by atoms with Crippen LogP contribution in [0.2, 0.25) is 0 Å². The molecule has 1 amide bonds. The topological polar surface area (TPSA) is 86.5 Å². The van der Waals surface area contributed by atoms with E-state index in [9.17, 15) is 4.79 Å². The van der Waals surface area contributed by atoms with E-state index in [1.807, 2.05) is 38.1 Å². The van der Waals surface area contributed by atoms with E-state index in [1.54, 1.807) is 0 Å². The Morgan fingerprint density at radius 1 is 1.33 bits per heavy atom. The Morgan fingerprint density at radius 2 is 2.12 bits per heavy atom. The van der Waals surface area contributed by atoms with Crippen molar-refractivity contribution in [2.24, 2.45) is 5.92 Å². The van der Waals surface area contributed by atoms with Crippen LogP contribution in [-0.4, -0.2) is 35.0 Å². The standard InChI is InChI=1S/C16H19N3O4S/c1-10(2)7-17-14(20)9-24-16-19-18-15(23-16)13-8-21-11-5-3-4-6-12(11)22-13/h3-6,10,13H,7-9H2,1-2H3,(H,17,20)/t13-/m0/s1. The highest BCUT2D eigenvalue weighted by Crippen LogP contribution is 2.35. The lowest BCUT2D eigenvalue weighted by molar-refractivity contribution is -0.118. The maximum atomic E-state index is 11.7. The van der Waals surface area contributed by atoms with Gasteiger partial charge in [0.1, 0.15) is 6.61 Å². The van der Waals surface area contributed by atoms with Crippen molar-refractivity contribution in [2.45, 2.75) is 25.2 Å². The fourth-order valence-electron chi connectivity index (χ4n) is 2.05. The summed E-state index contributed by atoms with van der Waals surface area (Å²) in [4.78, 5) is 11.7. The van der Waals surface area contributed by atoms with Crippen molar-refractivity contribution in [1.29, 1.82) is 0 Å². The molecular formula is C16H19N3O4S. The van der Waals surface area contributed by atoms with Crippen molar-refractivity contribution in [1.82, 2.24) is 15.5 Å². The minimum Gasteiger partial charge on any atom is -0.485 e. The van der Waals surface area contributed by atoms with Crippen molar-refractivity contribution in [3.05, 3.63) is 30.2 Å². The molecule has 2 heterocycles. The van der Waals surface area contributed by atoms with Crippen molar-refractivity contribution in [2.75, 3.05) is 18.9 Å². The second kappa shape index (κ2) is 7.57. The summed E-state index contributed by atoms with van der Waals surface area (Å²) in [6.45, 7) is 5.05. The van der Waals surface area contributed by atoms with E-state index in [-0.39, 0.29) is 11.7 Å². The number of ether oxygens (including phenoxy) is 2. The molecule has 8 heteroatoms. The molecule has 3 rings (SSSR count). The highest BCUT2D eigenvalue weighted by atomic mass is 32.2. The number of hydrogen-bond donors (Lipinski definition) is 1. The first-order chi connectivity index (χ1) is 11.6. The molecule has 0 saturated carbocycles. The second-order valence-corrected chi connectivity index (χ2v) is 6.68. The van der Waals surface area contributed by atoms with Gasteiger partial charge in [0, 0.05) is 6.54 Å². The number of amides is 1. The lowest BCUT2D eigenvalue weighted by Crippen LogP contribution is -2.28. The number of thioether (sulfide) groups is 1. The molecule has 1 atom stereocenters. The Balaban J connectivity index is 1.54. The maximum Gasteiger partial charge on any atom is 0.277 e. The quantitative estimate of drug-likeness (QED) is 0.802. The molecule has 0 aliphatic carbocycles. The summed E-state index contributed by atoms with van der Waals surface area (Å²) in [6, 6.07) is 7.42. The predicted molar refractivity (Wildman–Crippen MR) is 88.2 cm³/mol. The van der Waals surface area contributed by atoms with Gasteiger partial charge in [0.15, 0.2) is 11.5 Å². The zero-order chi connectivity index (χ0) is 16.9. The molecule has 1 aromatic heterocycles. The smallest absolute Gasteiger partial charge is 0.277 e. The summed E-state index contributed by atoms with van der Waals surface area (Å²) < 4.78 is 17.0.